The van der Waals surface area contributed by atoms with Crippen LogP contribution in [0.4, 0.5) is 0 Å². The van der Waals surface area contributed by atoms with Crippen molar-refractivity contribution in [2.75, 3.05) is 0 Å². The van der Waals surface area contributed by atoms with Crippen LogP contribution in [0.25, 0.3) is 10.8 Å². The van der Waals surface area contributed by atoms with E-state index in [9.17, 15) is 4.79 Å². The van der Waals surface area contributed by atoms with Gasteiger partial charge in [-0.05, 0) is 49.3 Å². The molecule has 1 amide bonds. The van der Waals surface area contributed by atoms with Gasteiger partial charge < -0.3 is 10.3 Å². The van der Waals surface area contributed by atoms with Crippen LogP contribution in [0.5, 0.6) is 0 Å². The molecule has 2 N–H and O–H groups in total. The lowest BCUT2D eigenvalue weighted by atomic mass is 10.0. The molecule has 5 nitrogen and oxygen atoms in total. The van der Waals surface area contributed by atoms with Gasteiger partial charge in [0.1, 0.15) is 5.82 Å². The van der Waals surface area contributed by atoms with Crippen molar-refractivity contribution in [1.29, 1.82) is 0 Å². The summed E-state index contributed by atoms with van der Waals surface area (Å²) in [5, 5.41) is 4.98. The first-order valence-electron chi connectivity index (χ1n) is 7.98. The molecule has 0 radical (unpaired) electrons. The van der Waals surface area contributed by atoms with Gasteiger partial charge in [0.25, 0.3) is 5.91 Å². The predicted octanol–water partition coefficient (Wildman–Crippen LogP) is 2.77. The molecule has 0 unspecified atom stereocenters. The molecular weight excluding hydrogens is 288 g/mol. The fourth-order valence-corrected chi connectivity index (χ4v) is 3.09. The lowest BCUT2D eigenvalue weighted by molar-refractivity contribution is 0.0950. The summed E-state index contributed by atoms with van der Waals surface area (Å²) in [6.45, 7) is 0.427. The highest BCUT2D eigenvalue weighted by atomic mass is 16.1. The minimum atomic E-state index is -0.0925. The molecule has 1 aliphatic carbocycles. The third kappa shape index (κ3) is 2.82. The van der Waals surface area contributed by atoms with Crippen LogP contribution in [0.1, 0.15) is 40.4 Å². The number of hydrogen-bond donors (Lipinski definition) is 2. The molecule has 0 aliphatic heterocycles. The smallest absolute Gasteiger partial charge is 0.251 e. The Balaban J connectivity index is 1.47. The number of H-pyrrole nitrogens is 1. The number of fused-ring (bicyclic) bond motifs is 2. The summed E-state index contributed by atoms with van der Waals surface area (Å²) in [5.41, 5.74) is 3.04. The molecule has 116 valence electrons. The summed E-state index contributed by atoms with van der Waals surface area (Å²) < 4.78 is 0. The molecular formula is C18H18N4O. The first-order chi connectivity index (χ1) is 11.3. The number of pyridine rings is 1. The molecule has 5 heteroatoms. The van der Waals surface area contributed by atoms with Crippen LogP contribution in [0.15, 0.2) is 36.7 Å². The predicted molar refractivity (Wildman–Crippen MR) is 88.1 cm³/mol. The van der Waals surface area contributed by atoms with Crippen LogP contribution in [0.3, 0.4) is 0 Å². The van der Waals surface area contributed by atoms with Gasteiger partial charge in [-0.2, -0.15) is 0 Å². The van der Waals surface area contributed by atoms with E-state index in [2.05, 4.69) is 20.3 Å². The molecule has 4 rings (SSSR count). The number of amides is 1. The summed E-state index contributed by atoms with van der Waals surface area (Å²) >= 11 is 0. The van der Waals surface area contributed by atoms with Gasteiger partial charge >= 0.3 is 0 Å². The maximum atomic E-state index is 12.3. The molecule has 0 saturated carbocycles. The Morgan fingerprint density at radius 1 is 1.17 bits per heavy atom. The Bertz CT molecular complexity index is 845. The van der Waals surface area contributed by atoms with Crippen LogP contribution >= 0.6 is 0 Å². The lowest BCUT2D eigenvalue weighted by Crippen LogP contribution is -2.23. The quantitative estimate of drug-likeness (QED) is 0.781. The van der Waals surface area contributed by atoms with Gasteiger partial charge in [-0.15, -0.1) is 0 Å². The molecule has 2 aromatic heterocycles. The largest absolute Gasteiger partial charge is 0.345 e. The van der Waals surface area contributed by atoms with Crippen molar-refractivity contribution in [2.24, 2.45) is 0 Å². The highest BCUT2D eigenvalue weighted by Gasteiger charge is 2.15. The van der Waals surface area contributed by atoms with E-state index in [1.165, 1.54) is 18.5 Å². The van der Waals surface area contributed by atoms with E-state index in [1.807, 2.05) is 24.3 Å². The van der Waals surface area contributed by atoms with Gasteiger partial charge in [-0.25, -0.2) is 4.98 Å². The van der Waals surface area contributed by atoms with Crippen LogP contribution in [-0.2, 0) is 19.4 Å². The van der Waals surface area contributed by atoms with Crippen molar-refractivity contribution in [1.82, 2.24) is 20.3 Å². The maximum absolute atomic E-state index is 12.3. The molecule has 23 heavy (non-hydrogen) atoms. The molecule has 1 aromatic carbocycles. The van der Waals surface area contributed by atoms with Crippen molar-refractivity contribution in [3.8, 4) is 0 Å². The first kappa shape index (κ1) is 13.9. The summed E-state index contributed by atoms with van der Waals surface area (Å²) in [6.07, 6.45) is 8.04. The van der Waals surface area contributed by atoms with Crippen LogP contribution in [0, 0.1) is 0 Å². The number of nitrogens with one attached hydrogen (secondary N) is 2. The molecule has 2 heterocycles. The monoisotopic (exact) mass is 306 g/mol. The number of rotatable bonds is 3. The van der Waals surface area contributed by atoms with E-state index >= 15 is 0 Å². The minimum absolute atomic E-state index is 0.0925. The maximum Gasteiger partial charge on any atom is 0.251 e. The second-order valence-electron chi connectivity index (χ2n) is 5.94. The van der Waals surface area contributed by atoms with E-state index in [-0.39, 0.29) is 5.91 Å². The molecule has 0 atom stereocenters. The molecule has 0 fully saturated rings. The van der Waals surface area contributed by atoms with Crippen molar-refractivity contribution in [3.63, 3.8) is 0 Å². The van der Waals surface area contributed by atoms with Gasteiger partial charge in [-0.1, -0.05) is 6.07 Å². The molecule has 3 aromatic rings. The van der Waals surface area contributed by atoms with Crippen molar-refractivity contribution < 1.29 is 4.79 Å². The van der Waals surface area contributed by atoms with Crippen molar-refractivity contribution >= 4 is 16.7 Å². The zero-order chi connectivity index (χ0) is 15.6. The first-order valence-corrected chi connectivity index (χ1v) is 7.98. The zero-order valence-electron chi connectivity index (χ0n) is 12.8. The van der Waals surface area contributed by atoms with E-state index in [4.69, 9.17) is 0 Å². The fourth-order valence-electron chi connectivity index (χ4n) is 3.09. The van der Waals surface area contributed by atoms with Crippen molar-refractivity contribution in [2.45, 2.75) is 32.2 Å². The minimum Gasteiger partial charge on any atom is -0.345 e. The third-order valence-corrected chi connectivity index (χ3v) is 4.32. The molecule has 0 bridgehead atoms. The number of hydrogen-bond acceptors (Lipinski definition) is 3. The Kier molecular flexibility index (Phi) is 3.54. The fraction of sp³-hybridized carbons (Fsp3) is 0.278. The lowest BCUT2D eigenvalue weighted by Gasteiger charge is -2.07. The Labute approximate surface area is 134 Å². The van der Waals surface area contributed by atoms with E-state index < -0.39 is 0 Å². The second-order valence-corrected chi connectivity index (χ2v) is 5.94. The van der Waals surface area contributed by atoms with Crippen LogP contribution in [0.2, 0.25) is 0 Å². The SMILES string of the molecule is O=C(NCc1nc2c([nH]1)CCCC2)c1ccc2ccncc2c1. The summed E-state index contributed by atoms with van der Waals surface area (Å²) in [7, 11) is 0. The Morgan fingerprint density at radius 2 is 2.09 bits per heavy atom. The number of nitrogens with zero attached hydrogens (tertiary/aromatic N) is 2. The zero-order valence-corrected chi connectivity index (χ0v) is 12.8. The highest BCUT2D eigenvalue weighted by molar-refractivity contribution is 5.98. The van der Waals surface area contributed by atoms with Gasteiger partial charge in [-0.3, -0.25) is 9.78 Å². The third-order valence-electron chi connectivity index (χ3n) is 4.32. The summed E-state index contributed by atoms with van der Waals surface area (Å²) in [6, 6.07) is 7.58. The standard InChI is InChI=1S/C18H18N4O/c23-18(13-6-5-12-7-8-19-10-14(12)9-13)20-11-17-21-15-3-1-2-4-16(15)22-17/h5-10H,1-4,11H2,(H,20,23)(H,21,22). The number of aromatic amines is 1. The summed E-state index contributed by atoms with van der Waals surface area (Å²) in [4.78, 5) is 24.3. The average molecular weight is 306 g/mol. The normalized spacial score (nSPS) is 13.7. The Hall–Kier alpha value is -2.69. The van der Waals surface area contributed by atoms with Gasteiger partial charge in [0.15, 0.2) is 0 Å². The number of aryl methyl sites for hydroxylation is 2. The number of benzene rings is 1. The molecule has 1 aliphatic rings. The topological polar surface area (TPSA) is 70.7 Å². The van der Waals surface area contributed by atoms with Crippen molar-refractivity contribution in [3.05, 3.63) is 59.4 Å². The number of carbonyl (C=O) groups is 1. The van der Waals surface area contributed by atoms with E-state index in [0.717, 1.165) is 35.1 Å². The van der Waals surface area contributed by atoms with Crippen LogP contribution < -0.4 is 5.32 Å². The Morgan fingerprint density at radius 3 is 3.00 bits per heavy atom. The van der Waals surface area contributed by atoms with E-state index in [1.54, 1.807) is 12.4 Å². The number of aromatic nitrogens is 3. The molecule has 0 spiro atoms. The van der Waals surface area contributed by atoms with Gasteiger partial charge in [0.05, 0.1) is 12.2 Å². The second kappa shape index (κ2) is 5.83. The van der Waals surface area contributed by atoms with E-state index in [0.29, 0.717) is 12.1 Å². The van der Waals surface area contributed by atoms with Gasteiger partial charge in [0.2, 0.25) is 0 Å². The summed E-state index contributed by atoms with van der Waals surface area (Å²) in [5.74, 6) is 0.748. The average Bonchev–Trinajstić information content (AvgIpc) is 3.02. The van der Waals surface area contributed by atoms with Gasteiger partial charge in [0, 0.05) is 29.0 Å². The van der Waals surface area contributed by atoms with Crippen LogP contribution in [-0.4, -0.2) is 20.9 Å². The highest BCUT2D eigenvalue weighted by Crippen LogP contribution is 2.19. The molecule has 0 saturated heterocycles. The number of imidazole rings is 1. The number of carbonyl (C=O) groups excluding carboxylic acids is 1.